The largest absolute Gasteiger partial charge is 0.497 e. The maximum Gasteiger partial charge on any atom is 0.471 e. The molecule has 2 aromatic rings. The molecule has 1 amide bonds. The lowest BCUT2D eigenvalue weighted by molar-refractivity contribution is -0.178. The molecule has 0 aliphatic carbocycles. The van der Waals surface area contributed by atoms with Gasteiger partial charge in [0.25, 0.3) is 0 Å². The van der Waals surface area contributed by atoms with Gasteiger partial charge in [-0.05, 0) is 49.1 Å². The summed E-state index contributed by atoms with van der Waals surface area (Å²) in [6.45, 7) is 4.13. The number of benzene rings is 2. The molecule has 1 aliphatic heterocycles. The number of carbonyl (C=O) groups is 1. The molecule has 3 rings (SSSR count). The highest BCUT2D eigenvalue weighted by Crippen LogP contribution is 2.35. The van der Waals surface area contributed by atoms with Crippen molar-refractivity contribution in [1.82, 2.24) is 0 Å². The van der Waals surface area contributed by atoms with Gasteiger partial charge in [0.15, 0.2) is 6.29 Å². The summed E-state index contributed by atoms with van der Waals surface area (Å²) in [4.78, 5) is 13.5. The predicted octanol–water partition coefficient (Wildman–Crippen LogP) is 5.30. The van der Waals surface area contributed by atoms with Crippen LogP contribution in [0, 0.1) is 0 Å². The second kappa shape index (κ2) is 10.9. The summed E-state index contributed by atoms with van der Waals surface area (Å²) in [6.07, 6.45) is -1.79. The summed E-state index contributed by atoms with van der Waals surface area (Å²) in [5.41, 5.74) is -0.732. The van der Waals surface area contributed by atoms with Gasteiger partial charge in [0.05, 0.1) is 19.3 Å². The Bertz CT molecular complexity index is 911. The number of halogens is 3. The van der Waals surface area contributed by atoms with Crippen molar-refractivity contribution in [3.63, 3.8) is 0 Å². The molecule has 1 unspecified atom stereocenters. The fourth-order valence-electron chi connectivity index (χ4n) is 3.88. The van der Waals surface area contributed by atoms with Crippen molar-refractivity contribution in [2.45, 2.75) is 43.7 Å². The third-order valence-corrected chi connectivity index (χ3v) is 5.61. The Morgan fingerprint density at radius 3 is 2.39 bits per heavy atom. The minimum atomic E-state index is -5.10. The average molecular weight is 463 g/mol. The highest BCUT2D eigenvalue weighted by molar-refractivity contribution is 5.99. The second-order valence-electron chi connectivity index (χ2n) is 7.91. The monoisotopic (exact) mass is 463 g/mol. The Morgan fingerprint density at radius 1 is 1.15 bits per heavy atom. The Kier molecular flexibility index (Phi) is 8.15. The molecule has 5 nitrogen and oxygen atoms in total. The van der Waals surface area contributed by atoms with Crippen molar-refractivity contribution in [3.8, 4) is 5.75 Å². The van der Waals surface area contributed by atoms with Crippen molar-refractivity contribution in [1.29, 1.82) is 0 Å². The minimum absolute atomic E-state index is 0.0575. The molecular formula is C25H28F3NO4. The van der Waals surface area contributed by atoms with Crippen LogP contribution in [0.5, 0.6) is 5.75 Å². The summed E-state index contributed by atoms with van der Waals surface area (Å²) in [5.74, 6) is -1.55. The number of hydrogen-bond acceptors (Lipinski definition) is 4. The van der Waals surface area contributed by atoms with Gasteiger partial charge in [0.1, 0.15) is 5.75 Å². The summed E-state index contributed by atoms with van der Waals surface area (Å²) < 4.78 is 58.1. The lowest BCUT2D eigenvalue weighted by atomic mass is 9.88. The first kappa shape index (κ1) is 24.8. The van der Waals surface area contributed by atoms with Crippen LogP contribution >= 0.6 is 0 Å². The second-order valence-corrected chi connectivity index (χ2v) is 7.91. The highest BCUT2D eigenvalue weighted by atomic mass is 19.4. The van der Waals surface area contributed by atoms with Crippen LogP contribution in [0.3, 0.4) is 0 Å². The van der Waals surface area contributed by atoms with Crippen molar-refractivity contribution >= 4 is 11.6 Å². The number of anilines is 1. The molecular weight excluding hydrogens is 435 g/mol. The van der Waals surface area contributed by atoms with Gasteiger partial charge < -0.3 is 14.2 Å². The molecule has 2 atom stereocenters. The third kappa shape index (κ3) is 6.15. The van der Waals surface area contributed by atoms with E-state index < -0.39 is 23.9 Å². The summed E-state index contributed by atoms with van der Waals surface area (Å²) in [5, 5.41) is 0. The van der Waals surface area contributed by atoms with Gasteiger partial charge in [-0.1, -0.05) is 36.4 Å². The summed E-state index contributed by atoms with van der Waals surface area (Å²) >= 11 is 0. The molecule has 2 aromatic carbocycles. The fraction of sp³-hybridized carbons (Fsp3) is 0.400. The number of rotatable bonds is 9. The molecule has 1 fully saturated rings. The Morgan fingerprint density at radius 2 is 1.85 bits per heavy atom. The number of carbonyl (C=O) groups excluding carboxylic acids is 1. The van der Waals surface area contributed by atoms with E-state index in [1.165, 1.54) is 37.5 Å². The van der Waals surface area contributed by atoms with Gasteiger partial charge in [0, 0.05) is 18.7 Å². The third-order valence-electron chi connectivity index (χ3n) is 5.61. The van der Waals surface area contributed by atoms with Gasteiger partial charge in [-0.2, -0.15) is 13.2 Å². The zero-order valence-corrected chi connectivity index (χ0v) is 18.5. The van der Waals surface area contributed by atoms with E-state index in [0.717, 1.165) is 23.3 Å². The average Bonchev–Trinajstić information content (AvgIpc) is 2.83. The van der Waals surface area contributed by atoms with Crippen molar-refractivity contribution < 1.29 is 32.2 Å². The summed E-state index contributed by atoms with van der Waals surface area (Å²) in [7, 11) is 1.45. The van der Waals surface area contributed by atoms with Crippen LogP contribution < -0.4 is 9.64 Å². The molecule has 0 N–H and O–H groups in total. The van der Waals surface area contributed by atoms with E-state index in [9.17, 15) is 18.0 Å². The molecule has 0 bridgehead atoms. The van der Waals surface area contributed by atoms with Crippen molar-refractivity contribution in [3.05, 3.63) is 72.8 Å². The Labute approximate surface area is 191 Å². The number of amides is 1. The molecule has 178 valence electrons. The zero-order chi connectivity index (χ0) is 23.9. The topological polar surface area (TPSA) is 48.0 Å². The van der Waals surface area contributed by atoms with Gasteiger partial charge in [-0.25, -0.2) is 0 Å². The smallest absolute Gasteiger partial charge is 0.471 e. The fourth-order valence-corrected chi connectivity index (χ4v) is 3.88. The standard InChI is InChI=1S/C25H28F3NO4/c1-3-24(17-19-9-5-4-6-10-19,18-33-22-11-7-8-16-32-22)29(23(30)25(26,27)28)20-12-14-21(31-2)15-13-20/h3-6,9-10,12-15,22H,1,7-8,11,16-18H2,2H3/t22?,24-/m0/s1. The van der Waals surface area contributed by atoms with Crippen LogP contribution in [0.25, 0.3) is 0 Å². The number of alkyl halides is 3. The van der Waals surface area contributed by atoms with Gasteiger partial charge >= 0.3 is 12.1 Å². The number of ether oxygens (including phenoxy) is 3. The van der Waals surface area contributed by atoms with E-state index in [2.05, 4.69) is 6.58 Å². The minimum Gasteiger partial charge on any atom is -0.497 e. The van der Waals surface area contributed by atoms with Crippen LogP contribution in [0.1, 0.15) is 24.8 Å². The lowest BCUT2D eigenvalue weighted by Crippen LogP contribution is -2.59. The molecule has 1 saturated heterocycles. The SMILES string of the molecule is C=C[C@@](COC1CCCCO1)(Cc1ccccc1)N(C(=O)C(F)(F)F)c1ccc(OC)cc1. The van der Waals surface area contributed by atoms with Crippen molar-refractivity contribution in [2.24, 2.45) is 0 Å². The number of nitrogens with zero attached hydrogens (tertiary/aromatic N) is 1. The van der Waals surface area contributed by atoms with Crippen LogP contribution in [0.15, 0.2) is 67.3 Å². The van der Waals surface area contributed by atoms with Gasteiger partial charge in [0.2, 0.25) is 0 Å². The maximum atomic E-state index is 13.8. The quantitative estimate of drug-likeness (QED) is 0.474. The van der Waals surface area contributed by atoms with Gasteiger partial charge in [-0.15, -0.1) is 6.58 Å². The molecule has 0 saturated carbocycles. The van der Waals surface area contributed by atoms with E-state index in [-0.39, 0.29) is 18.7 Å². The van der Waals surface area contributed by atoms with E-state index in [1.54, 1.807) is 24.3 Å². The van der Waals surface area contributed by atoms with Crippen LogP contribution in [0.4, 0.5) is 18.9 Å². The zero-order valence-electron chi connectivity index (χ0n) is 18.5. The van der Waals surface area contributed by atoms with Gasteiger partial charge in [-0.3, -0.25) is 9.69 Å². The molecule has 8 heteroatoms. The molecule has 0 aromatic heterocycles. The lowest BCUT2D eigenvalue weighted by Gasteiger charge is -2.43. The Balaban J connectivity index is 2.07. The van der Waals surface area contributed by atoms with Crippen LogP contribution in [-0.2, 0) is 20.7 Å². The van der Waals surface area contributed by atoms with E-state index in [1.807, 2.05) is 6.07 Å². The van der Waals surface area contributed by atoms with Crippen LogP contribution in [-0.4, -0.2) is 44.2 Å². The van der Waals surface area contributed by atoms with Crippen LogP contribution in [0.2, 0.25) is 0 Å². The van der Waals surface area contributed by atoms with Crippen molar-refractivity contribution in [2.75, 3.05) is 25.2 Å². The number of methoxy groups -OCH3 is 1. The molecule has 1 aliphatic rings. The van der Waals surface area contributed by atoms with E-state index in [0.29, 0.717) is 18.8 Å². The first-order valence-corrected chi connectivity index (χ1v) is 10.8. The van der Waals surface area contributed by atoms with E-state index in [4.69, 9.17) is 14.2 Å². The molecule has 0 radical (unpaired) electrons. The predicted molar refractivity (Wildman–Crippen MR) is 119 cm³/mol. The normalized spacial score (nSPS) is 18.2. The first-order valence-electron chi connectivity index (χ1n) is 10.8. The van der Waals surface area contributed by atoms with E-state index >= 15 is 0 Å². The number of hydrogen-bond donors (Lipinski definition) is 0. The Hall–Kier alpha value is -2.84. The highest BCUT2D eigenvalue weighted by Gasteiger charge is 2.50. The maximum absolute atomic E-state index is 13.8. The first-order chi connectivity index (χ1) is 15.8. The molecule has 0 spiro atoms. The molecule has 1 heterocycles. The summed E-state index contributed by atoms with van der Waals surface area (Å²) in [6, 6.07) is 14.8. The molecule has 33 heavy (non-hydrogen) atoms.